The normalized spacial score (nSPS) is 10.5. The highest BCUT2D eigenvalue weighted by atomic mass is 32.1. The minimum absolute atomic E-state index is 0.759. The third kappa shape index (κ3) is 6.31. The first kappa shape index (κ1) is 8.31. The van der Waals surface area contributed by atoms with E-state index in [4.69, 9.17) is 0 Å². The number of thiol groups is 1. The third-order valence-electron chi connectivity index (χ3n) is 0.841. The van der Waals surface area contributed by atoms with Crippen molar-refractivity contribution in [2.45, 2.75) is 13.8 Å². The average molecular weight is 133 g/mol. The quantitative estimate of drug-likeness (QED) is 0.433. The fourth-order valence-electron chi connectivity index (χ4n) is 0.470. The molecule has 0 aliphatic rings. The topological polar surface area (TPSA) is 12.0 Å². The number of nitrogens with one attached hydrogen (secondary N) is 1. The van der Waals surface area contributed by atoms with Crippen molar-refractivity contribution >= 4 is 12.6 Å². The molecule has 0 aliphatic heterocycles. The molecule has 0 aromatic heterocycles. The fraction of sp³-hybridized carbons (Fsp3) is 1.00. The van der Waals surface area contributed by atoms with Gasteiger partial charge in [-0.15, -0.1) is 0 Å². The lowest BCUT2D eigenvalue weighted by Crippen LogP contribution is -2.21. The van der Waals surface area contributed by atoms with Crippen molar-refractivity contribution in [1.82, 2.24) is 5.32 Å². The van der Waals surface area contributed by atoms with Crippen molar-refractivity contribution in [3.8, 4) is 0 Å². The van der Waals surface area contributed by atoms with Crippen molar-refractivity contribution < 1.29 is 0 Å². The molecule has 0 atom stereocenters. The molecule has 0 radical (unpaired) electrons. The monoisotopic (exact) mass is 133 g/mol. The number of rotatable bonds is 4. The Bertz CT molecular complexity index is 45.8. The maximum Gasteiger partial charge on any atom is 0.00398 e. The van der Waals surface area contributed by atoms with Crippen LogP contribution in [0.1, 0.15) is 13.8 Å². The van der Waals surface area contributed by atoms with Gasteiger partial charge in [0.05, 0.1) is 0 Å². The maximum absolute atomic E-state index is 4.06. The lowest BCUT2D eigenvalue weighted by molar-refractivity contribution is 0.568. The summed E-state index contributed by atoms with van der Waals surface area (Å²) in [6.45, 7) is 6.54. The molecule has 0 saturated carbocycles. The second-order valence-corrected chi connectivity index (χ2v) is 2.77. The lowest BCUT2D eigenvalue weighted by atomic mass is 10.2. The van der Waals surface area contributed by atoms with Crippen LogP contribution < -0.4 is 5.32 Å². The molecule has 0 aromatic rings. The summed E-state index contributed by atoms with van der Waals surface area (Å²) in [4.78, 5) is 0. The zero-order valence-corrected chi connectivity index (χ0v) is 6.54. The van der Waals surface area contributed by atoms with Crippen LogP contribution >= 0.6 is 12.6 Å². The molecule has 2 heteroatoms. The molecule has 0 saturated heterocycles. The largest absolute Gasteiger partial charge is 0.316 e. The minimum atomic E-state index is 0.759. The van der Waals surface area contributed by atoms with E-state index in [1.165, 1.54) is 0 Å². The summed E-state index contributed by atoms with van der Waals surface area (Å²) in [6.07, 6.45) is 0. The van der Waals surface area contributed by atoms with Gasteiger partial charge in [-0.05, 0) is 12.5 Å². The van der Waals surface area contributed by atoms with E-state index in [2.05, 4.69) is 31.8 Å². The maximum atomic E-state index is 4.06. The summed E-state index contributed by atoms with van der Waals surface area (Å²) >= 11 is 4.06. The summed E-state index contributed by atoms with van der Waals surface area (Å²) in [6, 6.07) is 0. The van der Waals surface area contributed by atoms with E-state index >= 15 is 0 Å². The van der Waals surface area contributed by atoms with Gasteiger partial charge in [-0.3, -0.25) is 0 Å². The lowest BCUT2D eigenvalue weighted by Gasteiger charge is -2.03. The summed E-state index contributed by atoms with van der Waals surface area (Å²) in [5.74, 6) is 1.70. The van der Waals surface area contributed by atoms with Crippen LogP contribution in [0.2, 0.25) is 0 Å². The molecule has 0 bridgehead atoms. The standard InChI is InChI=1S/C6H15NS/c1-6(2)5-7-3-4-8/h6-8H,3-5H2,1-2H3. The Balaban J connectivity index is 2.72. The van der Waals surface area contributed by atoms with Crippen LogP contribution in [0.4, 0.5) is 0 Å². The molecule has 0 amide bonds. The SMILES string of the molecule is CC(C)CNCCS. The average Bonchev–Trinajstić information content (AvgIpc) is 1.66. The Kier molecular flexibility index (Phi) is 5.66. The predicted octanol–water partition coefficient (Wildman–Crippen LogP) is 1.16. The zero-order chi connectivity index (χ0) is 6.41. The molecule has 8 heavy (non-hydrogen) atoms. The molecule has 50 valence electrons. The van der Waals surface area contributed by atoms with Gasteiger partial charge in [-0.25, -0.2) is 0 Å². The summed E-state index contributed by atoms with van der Waals surface area (Å²) in [5, 5.41) is 3.26. The molecular weight excluding hydrogens is 118 g/mol. The highest BCUT2D eigenvalue weighted by Crippen LogP contribution is 1.85. The molecule has 0 heterocycles. The van der Waals surface area contributed by atoms with Gasteiger partial charge < -0.3 is 5.32 Å². The molecule has 0 fully saturated rings. The Hall–Kier alpha value is 0.310. The third-order valence-corrected chi connectivity index (χ3v) is 1.06. The first-order chi connectivity index (χ1) is 3.77. The summed E-state index contributed by atoms with van der Waals surface area (Å²) in [5.41, 5.74) is 0. The van der Waals surface area contributed by atoms with Crippen molar-refractivity contribution in [1.29, 1.82) is 0 Å². The van der Waals surface area contributed by atoms with E-state index in [1.54, 1.807) is 0 Å². The Morgan fingerprint density at radius 1 is 1.50 bits per heavy atom. The van der Waals surface area contributed by atoms with Crippen LogP contribution in [0.15, 0.2) is 0 Å². The van der Waals surface area contributed by atoms with E-state index in [1.807, 2.05) is 0 Å². The highest BCUT2D eigenvalue weighted by Gasteiger charge is 1.88. The second-order valence-electron chi connectivity index (χ2n) is 2.32. The van der Waals surface area contributed by atoms with Crippen LogP contribution in [-0.2, 0) is 0 Å². The van der Waals surface area contributed by atoms with Crippen molar-refractivity contribution in [2.75, 3.05) is 18.8 Å². The van der Waals surface area contributed by atoms with Gasteiger partial charge in [0.2, 0.25) is 0 Å². The van der Waals surface area contributed by atoms with Gasteiger partial charge >= 0.3 is 0 Å². The Morgan fingerprint density at radius 2 is 2.12 bits per heavy atom. The molecule has 0 aromatic carbocycles. The Morgan fingerprint density at radius 3 is 2.50 bits per heavy atom. The molecule has 0 spiro atoms. The first-order valence-corrected chi connectivity index (χ1v) is 3.72. The molecule has 0 unspecified atom stereocenters. The summed E-state index contributed by atoms with van der Waals surface area (Å²) in [7, 11) is 0. The van der Waals surface area contributed by atoms with Crippen LogP contribution in [0.5, 0.6) is 0 Å². The predicted molar refractivity (Wildman–Crippen MR) is 41.6 cm³/mol. The van der Waals surface area contributed by atoms with Crippen molar-refractivity contribution in [3.63, 3.8) is 0 Å². The first-order valence-electron chi connectivity index (χ1n) is 3.09. The highest BCUT2D eigenvalue weighted by molar-refractivity contribution is 7.80. The van der Waals surface area contributed by atoms with Gasteiger partial charge in [-0.2, -0.15) is 12.6 Å². The zero-order valence-electron chi connectivity index (χ0n) is 5.65. The molecule has 0 aliphatic carbocycles. The van der Waals surface area contributed by atoms with Gasteiger partial charge in [-0.1, -0.05) is 13.8 Å². The van der Waals surface area contributed by atoms with E-state index in [0.29, 0.717) is 0 Å². The van der Waals surface area contributed by atoms with Crippen LogP contribution in [0.25, 0.3) is 0 Å². The number of hydrogen-bond acceptors (Lipinski definition) is 2. The van der Waals surface area contributed by atoms with Crippen LogP contribution in [-0.4, -0.2) is 18.8 Å². The van der Waals surface area contributed by atoms with E-state index in [0.717, 1.165) is 24.8 Å². The summed E-state index contributed by atoms with van der Waals surface area (Å²) < 4.78 is 0. The van der Waals surface area contributed by atoms with Crippen molar-refractivity contribution in [3.05, 3.63) is 0 Å². The van der Waals surface area contributed by atoms with Gasteiger partial charge in [0.1, 0.15) is 0 Å². The second kappa shape index (κ2) is 5.45. The minimum Gasteiger partial charge on any atom is -0.316 e. The van der Waals surface area contributed by atoms with Gasteiger partial charge in [0, 0.05) is 12.3 Å². The van der Waals surface area contributed by atoms with E-state index < -0.39 is 0 Å². The van der Waals surface area contributed by atoms with E-state index in [9.17, 15) is 0 Å². The van der Waals surface area contributed by atoms with Gasteiger partial charge in [0.15, 0.2) is 0 Å². The van der Waals surface area contributed by atoms with Crippen LogP contribution in [0.3, 0.4) is 0 Å². The van der Waals surface area contributed by atoms with Crippen molar-refractivity contribution in [2.24, 2.45) is 5.92 Å². The van der Waals surface area contributed by atoms with E-state index in [-0.39, 0.29) is 0 Å². The molecule has 1 N–H and O–H groups in total. The Labute approximate surface area is 57.3 Å². The molecule has 1 nitrogen and oxygen atoms in total. The molecular formula is C6H15NS. The fourth-order valence-corrected chi connectivity index (χ4v) is 0.628. The number of hydrogen-bond donors (Lipinski definition) is 2. The van der Waals surface area contributed by atoms with Crippen LogP contribution in [0, 0.1) is 5.92 Å². The molecule has 0 rings (SSSR count). The van der Waals surface area contributed by atoms with Gasteiger partial charge in [0.25, 0.3) is 0 Å². The smallest absolute Gasteiger partial charge is 0.00398 e.